The van der Waals surface area contributed by atoms with Gasteiger partial charge in [-0.15, -0.1) is 5.10 Å². The summed E-state index contributed by atoms with van der Waals surface area (Å²) in [5, 5.41) is 12.0. The molecule has 3 rings (SSSR count). The van der Waals surface area contributed by atoms with E-state index < -0.39 is 0 Å². The van der Waals surface area contributed by atoms with Crippen molar-refractivity contribution in [2.24, 2.45) is 5.92 Å². The average molecular weight is 257 g/mol. The third kappa shape index (κ3) is 2.59. The molecule has 1 aliphatic carbocycles. The van der Waals surface area contributed by atoms with Crippen molar-refractivity contribution in [3.05, 3.63) is 23.8 Å². The van der Waals surface area contributed by atoms with Crippen LogP contribution in [0.25, 0.3) is 11.4 Å². The Morgan fingerprint density at radius 2 is 2.21 bits per heavy atom. The summed E-state index contributed by atoms with van der Waals surface area (Å²) in [5.41, 5.74) is 8.80. The second-order valence-corrected chi connectivity index (χ2v) is 5.33. The highest BCUT2D eigenvalue weighted by Crippen LogP contribution is 2.33. The van der Waals surface area contributed by atoms with Crippen molar-refractivity contribution in [3.63, 3.8) is 0 Å². The molecule has 5 heteroatoms. The van der Waals surface area contributed by atoms with Crippen LogP contribution in [0.15, 0.2) is 18.2 Å². The van der Waals surface area contributed by atoms with Gasteiger partial charge in [0.1, 0.15) is 0 Å². The molecule has 19 heavy (non-hydrogen) atoms. The number of aryl methyl sites for hydroxylation is 1. The molecule has 100 valence electrons. The standard InChI is InChI=1S/C14H19N5/c1-10-12(5-2-6-13(10)15)14-16-17-18-19(14)9-3-4-11-7-8-11/h2,5-6,11H,3-4,7-9,15H2,1H3. The van der Waals surface area contributed by atoms with Crippen LogP contribution in [-0.4, -0.2) is 20.2 Å². The van der Waals surface area contributed by atoms with Gasteiger partial charge in [0.05, 0.1) is 0 Å². The lowest BCUT2D eigenvalue weighted by Gasteiger charge is -2.08. The summed E-state index contributed by atoms with van der Waals surface area (Å²) in [5.74, 6) is 1.77. The van der Waals surface area contributed by atoms with Crippen LogP contribution >= 0.6 is 0 Å². The van der Waals surface area contributed by atoms with Crippen LogP contribution in [0, 0.1) is 12.8 Å². The molecule has 0 saturated heterocycles. The van der Waals surface area contributed by atoms with E-state index in [2.05, 4.69) is 15.5 Å². The summed E-state index contributed by atoms with van der Waals surface area (Å²) < 4.78 is 1.89. The SMILES string of the molecule is Cc1c(N)cccc1-c1nnnn1CCCC1CC1. The predicted molar refractivity (Wildman–Crippen MR) is 74.4 cm³/mol. The average Bonchev–Trinajstić information content (AvgIpc) is 3.11. The quantitative estimate of drug-likeness (QED) is 0.835. The fraction of sp³-hybridized carbons (Fsp3) is 0.500. The minimum Gasteiger partial charge on any atom is -0.398 e. The van der Waals surface area contributed by atoms with Crippen molar-refractivity contribution in [1.82, 2.24) is 20.2 Å². The molecule has 1 saturated carbocycles. The smallest absolute Gasteiger partial charge is 0.182 e. The fourth-order valence-corrected chi connectivity index (χ4v) is 2.38. The van der Waals surface area contributed by atoms with E-state index in [0.717, 1.165) is 41.5 Å². The maximum atomic E-state index is 5.95. The second kappa shape index (κ2) is 4.99. The van der Waals surface area contributed by atoms with Crippen molar-refractivity contribution in [2.45, 2.75) is 39.2 Å². The number of anilines is 1. The zero-order chi connectivity index (χ0) is 13.2. The second-order valence-electron chi connectivity index (χ2n) is 5.33. The summed E-state index contributed by atoms with van der Waals surface area (Å²) in [6, 6.07) is 5.87. The third-order valence-corrected chi connectivity index (χ3v) is 3.83. The molecular weight excluding hydrogens is 238 g/mol. The van der Waals surface area contributed by atoms with Crippen LogP contribution in [0.5, 0.6) is 0 Å². The van der Waals surface area contributed by atoms with Crippen molar-refractivity contribution in [3.8, 4) is 11.4 Å². The van der Waals surface area contributed by atoms with Crippen molar-refractivity contribution < 1.29 is 0 Å². The number of aromatic nitrogens is 4. The van der Waals surface area contributed by atoms with E-state index in [9.17, 15) is 0 Å². The molecule has 0 bridgehead atoms. The number of hydrogen-bond donors (Lipinski definition) is 1. The summed E-state index contributed by atoms with van der Waals surface area (Å²) in [4.78, 5) is 0. The van der Waals surface area contributed by atoms with Gasteiger partial charge < -0.3 is 5.73 Å². The van der Waals surface area contributed by atoms with E-state index in [4.69, 9.17) is 5.73 Å². The molecule has 0 radical (unpaired) electrons. The molecule has 0 spiro atoms. The van der Waals surface area contributed by atoms with Gasteiger partial charge >= 0.3 is 0 Å². The van der Waals surface area contributed by atoms with E-state index in [-0.39, 0.29) is 0 Å². The van der Waals surface area contributed by atoms with E-state index in [1.54, 1.807) is 0 Å². The highest BCUT2D eigenvalue weighted by atomic mass is 15.5. The number of nitrogens with two attached hydrogens (primary N) is 1. The molecular formula is C14H19N5. The lowest BCUT2D eigenvalue weighted by Crippen LogP contribution is -2.05. The van der Waals surface area contributed by atoms with Crippen molar-refractivity contribution in [2.75, 3.05) is 5.73 Å². The predicted octanol–water partition coefficient (Wildman–Crippen LogP) is 2.42. The highest BCUT2D eigenvalue weighted by Gasteiger charge is 2.20. The molecule has 0 unspecified atom stereocenters. The normalized spacial score (nSPS) is 14.8. The zero-order valence-electron chi connectivity index (χ0n) is 11.2. The van der Waals surface area contributed by atoms with Gasteiger partial charge in [-0.3, -0.25) is 0 Å². The van der Waals surface area contributed by atoms with Gasteiger partial charge in [-0.1, -0.05) is 25.0 Å². The Hall–Kier alpha value is -1.91. The van der Waals surface area contributed by atoms with Crippen LogP contribution in [-0.2, 0) is 6.54 Å². The summed E-state index contributed by atoms with van der Waals surface area (Å²) in [7, 11) is 0. The van der Waals surface area contributed by atoms with Crippen LogP contribution in [0.2, 0.25) is 0 Å². The van der Waals surface area contributed by atoms with E-state index in [1.807, 2.05) is 29.8 Å². The van der Waals surface area contributed by atoms with Gasteiger partial charge in [0.2, 0.25) is 0 Å². The Bertz CT molecular complexity index is 571. The van der Waals surface area contributed by atoms with E-state index >= 15 is 0 Å². The lowest BCUT2D eigenvalue weighted by molar-refractivity contribution is 0.526. The lowest BCUT2D eigenvalue weighted by atomic mass is 10.1. The van der Waals surface area contributed by atoms with Gasteiger partial charge in [-0.05, 0) is 47.7 Å². The molecule has 1 heterocycles. The number of rotatable bonds is 5. The maximum absolute atomic E-state index is 5.95. The molecule has 0 atom stereocenters. The Labute approximate surface area is 112 Å². The molecule has 1 aromatic carbocycles. The Morgan fingerprint density at radius 3 is 3.00 bits per heavy atom. The van der Waals surface area contributed by atoms with E-state index in [0.29, 0.717) is 0 Å². The summed E-state index contributed by atoms with van der Waals surface area (Å²) >= 11 is 0. The van der Waals surface area contributed by atoms with Gasteiger partial charge in [0, 0.05) is 17.8 Å². The highest BCUT2D eigenvalue weighted by molar-refractivity contribution is 5.67. The zero-order valence-corrected chi connectivity index (χ0v) is 11.2. The van der Waals surface area contributed by atoms with Gasteiger partial charge in [-0.2, -0.15) is 0 Å². The molecule has 2 aromatic rings. The molecule has 0 amide bonds. The van der Waals surface area contributed by atoms with Crippen LogP contribution in [0.4, 0.5) is 5.69 Å². The summed E-state index contributed by atoms with van der Waals surface area (Å²) in [6.07, 6.45) is 5.23. The molecule has 1 fully saturated rings. The first-order chi connectivity index (χ1) is 9.25. The monoisotopic (exact) mass is 257 g/mol. The van der Waals surface area contributed by atoms with Crippen LogP contribution < -0.4 is 5.73 Å². The number of nitrogen functional groups attached to an aromatic ring is 1. The van der Waals surface area contributed by atoms with Gasteiger partial charge in [0.15, 0.2) is 5.82 Å². The Balaban J connectivity index is 1.79. The summed E-state index contributed by atoms with van der Waals surface area (Å²) in [6.45, 7) is 2.89. The number of nitrogens with zero attached hydrogens (tertiary/aromatic N) is 4. The first kappa shape index (κ1) is 12.1. The van der Waals surface area contributed by atoms with Crippen molar-refractivity contribution >= 4 is 5.69 Å². The van der Waals surface area contributed by atoms with Gasteiger partial charge in [-0.25, -0.2) is 4.68 Å². The third-order valence-electron chi connectivity index (χ3n) is 3.83. The molecule has 1 aromatic heterocycles. The minimum atomic E-state index is 0.782. The largest absolute Gasteiger partial charge is 0.398 e. The maximum Gasteiger partial charge on any atom is 0.182 e. The number of tetrazole rings is 1. The first-order valence-corrected chi connectivity index (χ1v) is 6.87. The minimum absolute atomic E-state index is 0.782. The topological polar surface area (TPSA) is 69.6 Å². The molecule has 2 N–H and O–H groups in total. The number of benzene rings is 1. The van der Waals surface area contributed by atoms with E-state index in [1.165, 1.54) is 19.3 Å². The molecule has 5 nitrogen and oxygen atoms in total. The van der Waals surface area contributed by atoms with Crippen LogP contribution in [0.1, 0.15) is 31.2 Å². The first-order valence-electron chi connectivity index (χ1n) is 6.87. The Kier molecular flexibility index (Phi) is 3.19. The van der Waals surface area contributed by atoms with Crippen molar-refractivity contribution in [1.29, 1.82) is 0 Å². The molecule has 0 aliphatic heterocycles. The molecule has 1 aliphatic rings. The number of hydrogen-bond acceptors (Lipinski definition) is 4. The van der Waals surface area contributed by atoms with Gasteiger partial charge in [0.25, 0.3) is 0 Å². The Morgan fingerprint density at radius 1 is 1.37 bits per heavy atom. The fourth-order valence-electron chi connectivity index (χ4n) is 2.38. The van der Waals surface area contributed by atoms with Crippen LogP contribution in [0.3, 0.4) is 0 Å².